The molecule has 10 heavy (non-hydrogen) atoms. The van der Waals surface area contributed by atoms with Crippen LogP contribution >= 0.6 is 0 Å². The summed E-state index contributed by atoms with van der Waals surface area (Å²) >= 11 is 0. The molecule has 0 unspecified atom stereocenters. The van der Waals surface area contributed by atoms with Crippen molar-refractivity contribution >= 4 is 14.2 Å². The number of hydrogen-bond donors (Lipinski definition) is 1. The fourth-order valence-corrected chi connectivity index (χ4v) is 1.01. The van der Waals surface area contributed by atoms with Gasteiger partial charge in [-0.25, -0.2) is 0 Å². The molecule has 0 radical (unpaired) electrons. The van der Waals surface area contributed by atoms with Crippen molar-refractivity contribution in [1.82, 2.24) is 4.98 Å². The summed E-state index contributed by atoms with van der Waals surface area (Å²) in [6.45, 7) is 6.09. The first-order chi connectivity index (χ1) is 3.92. The van der Waals surface area contributed by atoms with Gasteiger partial charge in [-0.1, -0.05) is 19.6 Å². The number of carboxylic acids is 1. The Hall–Kier alpha value is 0.647. The maximum Gasteiger partial charge on any atom is 1.00 e. The van der Waals surface area contributed by atoms with Gasteiger partial charge in [0.1, 0.15) is 8.24 Å². The topological polar surface area (TPSA) is 52.2 Å². The molecule has 1 N–H and O–H groups in total. The minimum absolute atomic E-state index is 0. The second-order valence-electron chi connectivity index (χ2n) is 2.98. The molecule has 0 aromatic carbocycles. The van der Waals surface area contributed by atoms with Crippen LogP contribution in [0.4, 0.5) is 0 Å². The number of aliphatic carboxylic acids is 1. The largest absolute Gasteiger partial charge is 1.00 e. The van der Waals surface area contributed by atoms with E-state index >= 15 is 0 Å². The molecule has 0 aliphatic carbocycles. The van der Waals surface area contributed by atoms with Gasteiger partial charge in [0.15, 0.2) is 0 Å². The van der Waals surface area contributed by atoms with E-state index in [1.807, 2.05) is 19.6 Å². The molecule has 0 aliphatic heterocycles. The first-order valence-corrected chi connectivity index (χ1v) is 6.37. The van der Waals surface area contributed by atoms with Crippen LogP contribution in [0.25, 0.3) is 0 Å². The van der Waals surface area contributed by atoms with E-state index < -0.39 is 14.2 Å². The smallest absolute Gasteiger partial charge is 0.549 e. The Kier molecular flexibility index (Phi) is 7.05. The van der Waals surface area contributed by atoms with E-state index in [4.69, 9.17) is 0 Å². The number of carbonyl (C=O) groups is 1. The van der Waals surface area contributed by atoms with Gasteiger partial charge in [-0.15, -0.1) is 0 Å². The number of carbonyl (C=O) groups excluding carboxylic acids is 1. The Balaban J connectivity index is 0. The molecular weight excluding hydrogens is 157 g/mol. The Labute approximate surface area is 84.6 Å². The fourth-order valence-electron chi connectivity index (χ4n) is 0.337. The van der Waals surface area contributed by atoms with Crippen molar-refractivity contribution < 1.29 is 39.5 Å². The number of carboxylic acid groups (broad SMARTS) is 1. The maximum atomic E-state index is 9.89. The molecule has 0 rings (SSSR count). The summed E-state index contributed by atoms with van der Waals surface area (Å²) in [6.07, 6.45) is 0. The van der Waals surface area contributed by atoms with Crippen LogP contribution in [-0.4, -0.2) is 20.7 Å². The summed E-state index contributed by atoms with van der Waals surface area (Å²) in [5.74, 6) is -1.03. The van der Waals surface area contributed by atoms with Crippen LogP contribution in [0.2, 0.25) is 19.6 Å². The number of rotatable bonds is 3. The van der Waals surface area contributed by atoms with E-state index in [9.17, 15) is 9.90 Å². The second-order valence-corrected chi connectivity index (χ2v) is 7.83. The van der Waals surface area contributed by atoms with E-state index in [0.717, 1.165) is 0 Å². The van der Waals surface area contributed by atoms with Gasteiger partial charge in [0.25, 0.3) is 0 Å². The number of nitrogens with one attached hydrogen (secondary N) is 1. The predicted octanol–water partition coefficient (Wildman–Crippen LogP) is -3.84. The first kappa shape index (κ1) is 13.3. The van der Waals surface area contributed by atoms with Crippen molar-refractivity contribution in [3.63, 3.8) is 0 Å². The Morgan fingerprint density at radius 2 is 1.90 bits per heavy atom. The monoisotopic (exact) mass is 169 g/mol. The average Bonchev–Trinajstić information content (AvgIpc) is 1.59. The summed E-state index contributed by atoms with van der Waals surface area (Å²) in [4.78, 5) is 12.8. The molecule has 0 saturated carbocycles. The van der Waals surface area contributed by atoms with Gasteiger partial charge in [0.05, 0.1) is 5.97 Å². The number of hydrogen-bond acceptors (Lipinski definition) is 3. The molecule has 0 aromatic heterocycles. The fraction of sp³-hybridized carbons (Fsp3) is 0.800. The molecule has 0 spiro atoms. The van der Waals surface area contributed by atoms with E-state index in [1.54, 1.807) is 0 Å². The molecular formula is C5H12NNaO2Si. The van der Waals surface area contributed by atoms with Gasteiger partial charge >= 0.3 is 29.6 Å². The van der Waals surface area contributed by atoms with Crippen LogP contribution in [0.15, 0.2) is 0 Å². The molecule has 0 heterocycles. The summed E-state index contributed by atoms with van der Waals surface area (Å²) in [7, 11) is -1.39. The zero-order chi connectivity index (χ0) is 7.49. The van der Waals surface area contributed by atoms with Crippen molar-refractivity contribution in [2.45, 2.75) is 19.6 Å². The van der Waals surface area contributed by atoms with Gasteiger partial charge in [0.2, 0.25) is 0 Å². The van der Waals surface area contributed by atoms with Gasteiger partial charge in [-0.05, 0) is 0 Å². The first-order valence-electron chi connectivity index (χ1n) is 2.87. The van der Waals surface area contributed by atoms with Gasteiger partial charge in [-0.2, -0.15) is 0 Å². The quantitative estimate of drug-likeness (QED) is 0.440. The normalized spacial score (nSPS) is 10.3. The van der Waals surface area contributed by atoms with Crippen molar-refractivity contribution in [2.24, 2.45) is 0 Å². The Morgan fingerprint density at radius 3 is 2.00 bits per heavy atom. The van der Waals surface area contributed by atoms with Gasteiger partial charge in [0, 0.05) is 6.54 Å². The molecule has 0 bridgehead atoms. The van der Waals surface area contributed by atoms with Crippen LogP contribution in [0.3, 0.4) is 0 Å². The van der Waals surface area contributed by atoms with Crippen molar-refractivity contribution in [2.75, 3.05) is 6.54 Å². The second kappa shape index (κ2) is 5.32. The summed E-state index contributed by atoms with van der Waals surface area (Å²) in [5.41, 5.74) is 0. The summed E-state index contributed by atoms with van der Waals surface area (Å²) in [5, 5.41) is 9.89. The van der Waals surface area contributed by atoms with E-state index in [2.05, 4.69) is 4.98 Å². The minimum Gasteiger partial charge on any atom is -0.549 e. The Bertz CT molecular complexity index is 113. The van der Waals surface area contributed by atoms with Crippen molar-refractivity contribution in [3.8, 4) is 0 Å². The summed E-state index contributed by atoms with van der Waals surface area (Å²) < 4.78 is 0. The van der Waals surface area contributed by atoms with Crippen LogP contribution < -0.4 is 39.6 Å². The molecule has 0 fully saturated rings. The van der Waals surface area contributed by atoms with E-state index in [1.165, 1.54) is 0 Å². The minimum atomic E-state index is -1.39. The van der Waals surface area contributed by atoms with E-state index in [-0.39, 0.29) is 36.1 Å². The predicted molar refractivity (Wildman–Crippen MR) is 36.4 cm³/mol. The molecule has 0 atom stereocenters. The van der Waals surface area contributed by atoms with Crippen LogP contribution in [0.5, 0.6) is 0 Å². The van der Waals surface area contributed by atoms with Gasteiger partial charge < -0.3 is 14.9 Å². The van der Waals surface area contributed by atoms with Crippen LogP contribution in [0, 0.1) is 0 Å². The summed E-state index contributed by atoms with van der Waals surface area (Å²) in [6, 6.07) is 0. The van der Waals surface area contributed by atoms with E-state index in [0.29, 0.717) is 0 Å². The zero-order valence-electron chi connectivity index (χ0n) is 7.02. The van der Waals surface area contributed by atoms with Crippen LogP contribution in [0.1, 0.15) is 0 Å². The molecule has 3 nitrogen and oxygen atoms in total. The zero-order valence-corrected chi connectivity index (χ0v) is 10.0. The third kappa shape index (κ3) is 11.4. The third-order valence-corrected chi connectivity index (χ3v) is 2.00. The Morgan fingerprint density at radius 1 is 1.50 bits per heavy atom. The van der Waals surface area contributed by atoms with Crippen molar-refractivity contribution in [3.05, 3.63) is 0 Å². The van der Waals surface area contributed by atoms with Gasteiger partial charge in [-0.3, -0.25) is 0 Å². The SMILES string of the molecule is C[Si](C)(C)NCC(=O)[O-].[Na+]. The third-order valence-electron chi connectivity index (χ3n) is 0.763. The molecule has 5 heteroatoms. The molecule has 0 amide bonds. The maximum absolute atomic E-state index is 9.89. The van der Waals surface area contributed by atoms with Crippen LogP contribution in [-0.2, 0) is 4.79 Å². The molecule has 0 aromatic rings. The average molecular weight is 169 g/mol. The molecule has 0 saturated heterocycles. The van der Waals surface area contributed by atoms with Crippen molar-refractivity contribution in [1.29, 1.82) is 0 Å². The molecule has 54 valence electrons. The standard InChI is InChI=1S/C5H13NO2Si.Na/c1-9(2,3)6-4-5(7)8;/h6H,4H2,1-3H3,(H,7,8);/q;+1/p-1. The molecule has 0 aliphatic rings.